The third kappa shape index (κ3) is 8.63. The summed E-state index contributed by atoms with van der Waals surface area (Å²) in [5.74, 6) is 0. The van der Waals surface area contributed by atoms with E-state index in [-0.39, 0.29) is 0 Å². The summed E-state index contributed by atoms with van der Waals surface area (Å²) in [5.41, 5.74) is 7.47. The van der Waals surface area contributed by atoms with E-state index in [1.807, 2.05) is 24.3 Å². The van der Waals surface area contributed by atoms with Crippen LogP contribution in [0.25, 0.3) is 56.0 Å². The quantitative estimate of drug-likeness (QED) is 0.131. The molecule has 0 heterocycles. The summed E-state index contributed by atoms with van der Waals surface area (Å²) >= 11 is -0.826. The Bertz CT molecular complexity index is 1490. The summed E-state index contributed by atoms with van der Waals surface area (Å²) in [6.07, 6.45) is 3.83. The van der Waals surface area contributed by atoms with Crippen molar-refractivity contribution in [2.45, 2.75) is 13.1 Å². The molecular weight excluding hydrogens is 623 g/mol. The fraction of sp³-hybridized carbons (Fsp3) is 0.0556. The zero-order chi connectivity index (χ0) is 28.7. The average Bonchev–Trinajstić information content (AvgIpc) is 3.64. The molecule has 0 fully saturated rings. The number of hydrogen-bond acceptors (Lipinski definition) is 0. The Morgan fingerprint density at radius 3 is 1.27 bits per heavy atom. The van der Waals surface area contributed by atoms with Gasteiger partial charge in [-0.1, -0.05) is 146 Å². The van der Waals surface area contributed by atoms with Crippen LogP contribution in [0.1, 0.15) is 11.1 Å². The van der Waals surface area contributed by atoms with Gasteiger partial charge in [-0.15, -0.1) is 69.1 Å². The van der Waals surface area contributed by atoms with Gasteiger partial charge < -0.3 is 0 Å². The van der Waals surface area contributed by atoms with Gasteiger partial charge in [-0.25, -0.2) is 0 Å². The molecule has 198 valence electrons. The molecule has 0 nitrogen and oxygen atoms in total. The van der Waals surface area contributed by atoms with Crippen molar-refractivity contribution in [2.75, 3.05) is 0 Å². The van der Waals surface area contributed by atoms with Crippen molar-refractivity contribution in [1.29, 1.82) is 0 Å². The van der Waals surface area contributed by atoms with E-state index in [4.69, 9.17) is 17.0 Å². The Morgan fingerprint density at radius 2 is 0.950 bits per heavy atom. The third-order valence-electron chi connectivity index (χ3n) is 6.22. The maximum absolute atomic E-state index is 4.93. The van der Waals surface area contributed by atoms with Gasteiger partial charge in [0.15, 0.2) is 0 Å². The van der Waals surface area contributed by atoms with Gasteiger partial charge >= 0.3 is 37.9 Å². The Kier molecular flexibility index (Phi) is 13.6. The van der Waals surface area contributed by atoms with Crippen LogP contribution in [0.2, 0.25) is 13.1 Å². The van der Waals surface area contributed by atoms with Crippen LogP contribution < -0.4 is 0 Å². The first-order valence-electron chi connectivity index (χ1n) is 12.9. The van der Waals surface area contributed by atoms with Gasteiger partial charge in [0, 0.05) is 9.52 Å². The summed E-state index contributed by atoms with van der Waals surface area (Å²) in [5, 5.41) is 5.12. The zero-order valence-corrected chi connectivity index (χ0v) is 27.8. The molecule has 0 spiro atoms. The zero-order valence-electron chi connectivity index (χ0n) is 22.9. The molecule has 0 aliphatic heterocycles. The van der Waals surface area contributed by atoms with Crippen LogP contribution in [0.3, 0.4) is 0 Å². The van der Waals surface area contributed by atoms with Gasteiger partial charge in [0.1, 0.15) is 0 Å². The molecule has 6 aromatic rings. The SMILES string of the molecule is C=Cc1cccc2[cH-]c(-c3ccccc3)cc12.C=Cc1cccc2[cH-]c(-c3ccccc3)cc12.C[Si]C.[Cl][Zr+2][Cl]. The van der Waals surface area contributed by atoms with Crippen molar-refractivity contribution in [3.63, 3.8) is 0 Å². The first-order chi connectivity index (χ1) is 19.6. The molecule has 6 aromatic carbocycles. The molecule has 0 unspecified atom stereocenters. The number of hydrogen-bond donors (Lipinski definition) is 0. The van der Waals surface area contributed by atoms with Gasteiger partial charge in [-0.05, 0) is 0 Å². The van der Waals surface area contributed by atoms with Crippen molar-refractivity contribution in [2.24, 2.45) is 0 Å². The number of rotatable bonds is 4. The van der Waals surface area contributed by atoms with Crippen molar-refractivity contribution in [1.82, 2.24) is 0 Å². The molecule has 0 bridgehead atoms. The first-order valence-corrected chi connectivity index (χ1v) is 21.2. The van der Waals surface area contributed by atoms with Gasteiger partial charge in [0.2, 0.25) is 0 Å². The summed E-state index contributed by atoms with van der Waals surface area (Å²) in [7, 11) is 11.0. The van der Waals surface area contributed by atoms with Crippen LogP contribution in [-0.4, -0.2) is 9.52 Å². The number of halogens is 2. The second kappa shape index (κ2) is 17.2. The normalized spacial score (nSPS) is 9.70. The van der Waals surface area contributed by atoms with E-state index in [9.17, 15) is 0 Å². The molecule has 0 aliphatic rings. The molecule has 6 rings (SSSR count). The number of fused-ring (bicyclic) bond motifs is 2. The molecule has 2 radical (unpaired) electrons. The fourth-order valence-electron chi connectivity index (χ4n) is 4.47. The predicted octanol–water partition coefficient (Wildman–Crippen LogP) is 11.9. The first kappa shape index (κ1) is 31.8. The minimum atomic E-state index is -0.826. The second-order valence-electron chi connectivity index (χ2n) is 8.90. The van der Waals surface area contributed by atoms with Gasteiger partial charge in [0.25, 0.3) is 0 Å². The Hall–Kier alpha value is -2.74. The summed E-state index contributed by atoms with van der Waals surface area (Å²) in [6, 6.07) is 42.5. The molecule has 0 saturated heterocycles. The molecule has 40 heavy (non-hydrogen) atoms. The van der Waals surface area contributed by atoms with E-state index in [1.165, 1.54) is 54.9 Å². The predicted molar refractivity (Wildman–Crippen MR) is 179 cm³/mol. The fourth-order valence-corrected chi connectivity index (χ4v) is 4.47. The summed E-state index contributed by atoms with van der Waals surface area (Å²) in [6.45, 7) is 12.0. The minimum absolute atomic E-state index is 0.826. The van der Waals surface area contributed by atoms with Gasteiger partial charge in [0.05, 0.1) is 0 Å². The molecule has 0 saturated carbocycles. The third-order valence-corrected chi connectivity index (χ3v) is 6.22. The summed E-state index contributed by atoms with van der Waals surface area (Å²) < 4.78 is 0. The second-order valence-corrected chi connectivity index (χ2v) is 13.6. The molecule has 0 amide bonds. The number of benzene rings is 4. The Labute approximate surface area is 260 Å². The van der Waals surface area contributed by atoms with Crippen LogP contribution in [0.4, 0.5) is 0 Å². The molecule has 4 heteroatoms. The van der Waals surface area contributed by atoms with E-state index in [2.05, 4.69) is 135 Å². The standard InChI is InChI=1S/2C17H13.C2H6Si.2ClH.Zr/c2*1-2-13-9-6-10-15-11-16(12-17(13)15)14-7-4-3-5-8-14;1-3-2;;;/h2*2-12H,1H2;1-2H3;2*1H;/q2*-1;;;;+4/p-2. The van der Waals surface area contributed by atoms with Crippen molar-refractivity contribution < 1.29 is 20.8 Å². The molecule has 0 aromatic heterocycles. The van der Waals surface area contributed by atoms with Crippen LogP contribution in [0.5, 0.6) is 0 Å². The Balaban J connectivity index is 0.000000185. The van der Waals surface area contributed by atoms with E-state index in [1.54, 1.807) is 0 Å². The monoisotopic (exact) mass is 652 g/mol. The van der Waals surface area contributed by atoms with Gasteiger partial charge in [-0.2, -0.15) is 0 Å². The molecule has 0 aliphatic carbocycles. The van der Waals surface area contributed by atoms with Crippen molar-refractivity contribution in [3.05, 3.63) is 146 Å². The summed E-state index contributed by atoms with van der Waals surface area (Å²) in [4.78, 5) is 0. The Morgan fingerprint density at radius 1 is 0.600 bits per heavy atom. The van der Waals surface area contributed by atoms with E-state index < -0.39 is 20.8 Å². The van der Waals surface area contributed by atoms with E-state index in [0.29, 0.717) is 0 Å². The maximum atomic E-state index is 4.93. The van der Waals surface area contributed by atoms with Crippen molar-refractivity contribution >= 4 is 60.2 Å². The molecular formula is C36H32Cl2SiZr. The van der Waals surface area contributed by atoms with Crippen LogP contribution in [0.15, 0.2) is 134 Å². The topological polar surface area (TPSA) is 0 Å². The molecule has 0 atom stereocenters. The van der Waals surface area contributed by atoms with Crippen molar-refractivity contribution in [3.8, 4) is 22.3 Å². The van der Waals surface area contributed by atoms with E-state index in [0.717, 1.165) is 9.52 Å². The van der Waals surface area contributed by atoms with E-state index >= 15 is 0 Å². The molecule has 0 N–H and O–H groups in total. The van der Waals surface area contributed by atoms with Gasteiger partial charge in [-0.3, -0.25) is 0 Å². The van der Waals surface area contributed by atoms with Crippen LogP contribution in [-0.2, 0) is 20.8 Å². The van der Waals surface area contributed by atoms with Crippen LogP contribution in [0, 0.1) is 0 Å². The average molecular weight is 655 g/mol. The van der Waals surface area contributed by atoms with Crippen LogP contribution >= 0.6 is 17.0 Å².